The van der Waals surface area contributed by atoms with E-state index in [0.717, 1.165) is 10.5 Å². The van der Waals surface area contributed by atoms with Gasteiger partial charge in [-0.25, -0.2) is 0 Å². The van der Waals surface area contributed by atoms with Gasteiger partial charge >= 0.3 is 0 Å². The molecule has 2 fully saturated rings. The normalized spacial score (nSPS) is 57.4. The lowest BCUT2D eigenvalue weighted by molar-refractivity contribution is 0.576. The van der Waals surface area contributed by atoms with Gasteiger partial charge in [0, 0.05) is 0 Å². The second-order valence-electron chi connectivity index (χ2n) is 2.91. The van der Waals surface area contributed by atoms with Crippen molar-refractivity contribution in [1.29, 1.82) is 0 Å². The third-order valence-corrected chi connectivity index (χ3v) is 5.23. The maximum atomic E-state index is 5.95. The summed E-state index contributed by atoms with van der Waals surface area (Å²) >= 11 is 0.0237. The molecule has 2 heteroatoms. The summed E-state index contributed by atoms with van der Waals surface area (Å²) < 4.78 is 0. The molecule has 0 radical (unpaired) electrons. The van der Waals surface area contributed by atoms with Gasteiger partial charge in [0.25, 0.3) is 0 Å². The first-order valence-corrected chi connectivity index (χ1v) is 4.96. The number of nitrogens with two attached hydrogens (primary N) is 1. The monoisotopic (exact) mass is 131 g/mol. The summed E-state index contributed by atoms with van der Waals surface area (Å²) in [6.45, 7) is 0. The summed E-state index contributed by atoms with van der Waals surface area (Å²) in [6, 6.07) is 0. The second kappa shape index (κ2) is 1.64. The van der Waals surface area contributed by atoms with Gasteiger partial charge < -0.3 is 0 Å². The van der Waals surface area contributed by atoms with E-state index in [1.807, 2.05) is 0 Å². The molecular formula is C6H13NS. The molecular weight excluding hydrogens is 118 g/mol. The van der Waals surface area contributed by atoms with Crippen molar-refractivity contribution >= 4 is 11.1 Å². The predicted molar refractivity (Wildman–Crippen MR) is 39.2 cm³/mol. The molecule has 2 aliphatic heterocycles. The highest BCUT2D eigenvalue weighted by Crippen LogP contribution is 2.52. The highest BCUT2D eigenvalue weighted by molar-refractivity contribution is 8.16. The fourth-order valence-corrected chi connectivity index (χ4v) is 4.34. The van der Waals surface area contributed by atoms with Gasteiger partial charge in [-0.05, 0) is 36.2 Å². The van der Waals surface area contributed by atoms with Crippen LogP contribution in [-0.4, -0.2) is 10.5 Å². The first-order chi connectivity index (χ1) is 3.88. The molecule has 0 aromatic rings. The third kappa shape index (κ3) is 0.531. The largest absolute Gasteiger partial charge is 0.296 e. The van der Waals surface area contributed by atoms with E-state index in [-0.39, 0.29) is 11.1 Å². The summed E-state index contributed by atoms with van der Waals surface area (Å²) in [4.78, 5) is 0. The van der Waals surface area contributed by atoms with Crippen molar-refractivity contribution in [1.82, 2.24) is 0 Å². The molecule has 48 valence electrons. The van der Waals surface area contributed by atoms with Crippen molar-refractivity contribution < 1.29 is 0 Å². The van der Waals surface area contributed by atoms with Crippen LogP contribution in [-0.2, 0) is 0 Å². The Hall–Kier alpha value is 0.310. The molecule has 2 saturated heterocycles. The Labute approximate surface area is 53.1 Å². The first kappa shape index (κ1) is 5.12. The predicted octanol–water partition coefficient (Wildman–Crippen LogP) is 1.19. The summed E-state index contributed by atoms with van der Waals surface area (Å²) in [5, 5.41) is 7.91. The molecule has 0 atom stereocenters. The molecule has 2 heterocycles. The van der Waals surface area contributed by atoms with Gasteiger partial charge in [-0.3, -0.25) is 5.14 Å². The lowest BCUT2D eigenvalue weighted by atomic mass is 10.0. The van der Waals surface area contributed by atoms with E-state index in [9.17, 15) is 0 Å². The minimum atomic E-state index is 0.0237. The molecule has 2 bridgehead atoms. The average molecular weight is 131 g/mol. The van der Waals surface area contributed by atoms with Gasteiger partial charge in [-0.15, -0.1) is 0 Å². The van der Waals surface area contributed by atoms with Crippen LogP contribution < -0.4 is 5.14 Å². The van der Waals surface area contributed by atoms with Crippen molar-refractivity contribution in [3.05, 3.63) is 0 Å². The second-order valence-corrected chi connectivity index (χ2v) is 5.26. The molecule has 0 aromatic carbocycles. The molecule has 0 aliphatic carbocycles. The SMILES string of the molecule is N[SH]1C2CCC1CC2. The summed E-state index contributed by atoms with van der Waals surface area (Å²) in [5.41, 5.74) is 0. The van der Waals surface area contributed by atoms with Crippen LogP contribution in [0.2, 0.25) is 0 Å². The summed E-state index contributed by atoms with van der Waals surface area (Å²) in [5.74, 6) is 0. The topological polar surface area (TPSA) is 26.0 Å². The number of hydrogen-bond donors (Lipinski definition) is 2. The third-order valence-electron chi connectivity index (χ3n) is 2.51. The number of fused-ring (bicyclic) bond motifs is 2. The van der Waals surface area contributed by atoms with E-state index in [0.29, 0.717) is 0 Å². The van der Waals surface area contributed by atoms with Gasteiger partial charge in [0.1, 0.15) is 0 Å². The van der Waals surface area contributed by atoms with Gasteiger partial charge in [0.2, 0.25) is 0 Å². The quantitative estimate of drug-likeness (QED) is 0.474. The van der Waals surface area contributed by atoms with Gasteiger partial charge in [0.05, 0.1) is 0 Å². The maximum Gasteiger partial charge on any atom is -0.00200 e. The van der Waals surface area contributed by atoms with Crippen LogP contribution >= 0.6 is 11.1 Å². The van der Waals surface area contributed by atoms with Gasteiger partial charge in [-0.2, -0.15) is 11.1 Å². The van der Waals surface area contributed by atoms with Crippen molar-refractivity contribution in [2.24, 2.45) is 5.14 Å². The Morgan fingerprint density at radius 3 is 1.50 bits per heavy atom. The zero-order valence-corrected chi connectivity index (χ0v) is 5.90. The first-order valence-electron chi connectivity index (χ1n) is 3.41. The minimum absolute atomic E-state index is 0.0237. The smallest absolute Gasteiger partial charge is 0.00200 e. The van der Waals surface area contributed by atoms with Crippen LogP contribution in [0.25, 0.3) is 0 Å². The Balaban J connectivity index is 2.16. The standard InChI is InChI=1S/C6H13NS/c7-8-5-1-2-6(8)4-3-5/h5-6,8H,1-4,7H2. The highest BCUT2D eigenvalue weighted by atomic mass is 32.2. The molecule has 0 unspecified atom stereocenters. The zero-order chi connectivity index (χ0) is 5.56. The van der Waals surface area contributed by atoms with Gasteiger partial charge in [0.15, 0.2) is 0 Å². The summed E-state index contributed by atoms with van der Waals surface area (Å²) in [6.07, 6.45) is 5.81. The van der Waals surface area contributed by atoms with Crippen LogP contribution in [0.3, 0.4) is 0 Å². The number of rotatable bonds is 0. The van der Waals surface area contributed by atoms with E-state index in [4.69, 9.17) is 5.14 Å². The molecule has 2 aliphatic rings. The zero-order valence-electron chi connectivity index (χ0n) is 5.01. The molecule has 0 saturated carbocycles. The van der Waals surface area contributed by atoms with Crippen molar-refractivity contribution in [3.63, 3.8) is 0 Å². The van der Waals surface area contributed by atoms with Crippen LogP contribution in [0.5, 0.6) is 0 Å². The van der Waals surface area contributed by atoms with Crippen molar-refractivity contribution in [2.45, 2.75) is 36.2 Å². The Morgan fingerprint density at radius 1 is 1.00 bits per heavy atom. The van der Waals surface area contributed by atoms with E-state index < -0.39 is 0 Å². The fraction of sp³-hybridized carbons (Fsp3) is 1.00. The fourth-order valence-electron chi connectivity index (χ4n) is 1.95. The number of hydrogen-bond acceptors (Lipinski definition) is 1. The van der Waals surface area contributed by atoms with E-state index in [1.165, 1.54) is 25.7 Å². The maximum absolute atomic E-state index is 5.95. The minimum Gasteiger partial charge on any atom is -0.296 e. The molecule has 0 spiro atoms. The van der Waals surface area contributed by atoms with E-state index in [1.54, 1.807) is 0 Å². The summed E-state index contributed by atoms with van der Waals surface area (Å²) in [7, 11) is 0. The van der Waals surface area contributed by atoms with Crippen LogP contribution in [0.4, 0.5) is 0 Å². The van der Waals surface area contributed by atoms with Crippen molar-refractivity contribution in [2.75, 3.05) is 0 Å². The van der Waals surface area contributed by atoms with E-state index >= 15 is 0 Å². The lowest BCUT2D eigenvalue weighted by Crippen LogP contribution is -2.02. The van der Waals surface area contributed by atoms with Crippen LogP contribution in [0, 0.1) is 0 Å². The molecule has 2 rings (SSSR count). The number of thiol groups is 1. The van der Waals surface area contributed by atoms with Crippen molar-refractivity contribution in [3.8, 4) is 0 Å². The van der Waals surface area contributed by atoms with E-state index in [2.05, 4.69) is 0 Å². The Kier molecular flexibility index (Phi) is 1.05. The molecule has 0 aromatic heterocycles. The highest BCUT2D eigenvalue weighted by Gasteiger charge is 2.36. The average Bonchev–Trinajstić information content (AvgIpc) is 2.29. The molecule has 2 N–H and O–H groups in total. The Morgan fingerprint density at radius 2 is 1.38 bits per heavy atom. The molecule has 1 nitrogen and oxygen atoms in total. The van der Waals surface area contributed by atoms with Gasteiger partial charge in [-0.1, -0.05) is 0 Å². The Bertz CT molecular complexity index is 84.7. The lowest BCUT2D eigenvalue weighted by Gasteiger charge is -2.11. The van der Waals surface area contributed by atoms with Crippen LogP contribution in [0.1, 0.15) is 25.7 Å². The van der Waals surface area contributed by atoms with Crippen LogP contribution in [0.15, 0.2) is 0 Å². The molecule has 0 amide bonds. The molecule has 8 heavy (non-hydrogen) atoms.